The molecular formula is C16H21IO. The van der Waals surface area contributed by atoms with Crippen molar-refractivity contribution in [2.45, 2.75) is 27.7 Å². The third-order valence-electron chi connectivity index (χ3n) is 2.40. The van der Waals surface area contributed by atoms with Gasteiger partial charge in [-0.2, -0.15) is 0 Å². The minimum atomic E-state index is 1.15. The van der Waals surface area contributed by atoms with Crippen LogP contribution in [0.1, 0.15) is 25.0 Å². The highest BCUT2D eigenvalue weighted by molar-refractivity contribution is 14.1. The molecule has 1 N–H and O–H groups in total. The van der Waals surface area contributed by atoms with Crippen LogP contribution < -0.4 is 0 Å². The van der Waals surface area contributed by atoms with Crippen LogP contribution in [0.5, 0.6) is 0 Å². The molecule has 98 valence electrons. The lowest BCUT2D eigenvalue weighted by Gasteiger charge is -2.02. The molecule has 0 saturated carbocycles. The van der Waals surface area contributed by atoms with Crippen LogP contribution in [0.4, 0.5) is 0 Å². The molecule has 0 atom stereocenters. The quantitative estimate of drug-likeness (QED) is 0.685. The summed E-state index contributed by atoms with van der Waals surface area (Å²) in [5, 5.41) is 0. The van der Waals surface area contributed by atoms with Crippen LogP contribution in [0.2, 0.25) is 0 Å². The molecule has 0 amide bonds. The molecule has 0 aliphatic rings. The molecule has 0 aliphatic carbocycles. The molecule has 2 heteroatoms. The van der Waals surface area contributed by atoms with Crippen LogP contribution in [-0.4, -0.2) is 3.44 Å². The molecular weight excluding hydrogens is 335 g/mol. The molecule has 0 heterocycles. The smallest absolute Gasteiger partial charge is 0.106 e. The van der Waals surface area contributed by atoms with Gasteiger partial charge in [-0.05, 0) is 25.0 Å². The Bertz CT molecular complexity index is 435. The third-order valence-corrected chi connectivity index (χ3v) is 2.40. The Morgan fingerprint density at radius 1 is 0.722 bits per heavy atom. The number of rotatable bonds is 1. The van der Waals surface area contributed by atoms with Crippen LogP contribution in [0.25, 0.3) is 11.1 Å². The Hall–Kier alpha value is -0.870. The first-order chi connectivity index (χ1) is 8.75. The van der Waals surface area contributed by atoms with Crippen LogP contribution in [-0.2, 0) is 0 Å². The summed E-state index contributed by atoms with van der Waals surface area (Å²) in [4.78, 5) is 0. The molecule has 1 nitrogen and oxygen atoms in total. The highest BCUT2D eigenvalue weighted by Crippen LogP contribution is 2.20. The predicted molar refractivity (Wildman–Crippen MR) is 88.9 cm³/mol. The second-order valence-corrected chi connectivity index (χ2v) is 3.74. The monoisotopic (exact) mass is 356 g/mol. The maximum atomic E-state index is 6.97. The molecule has 0 bridgehead atoms. The summed E-state index contributed by atoms with van der Waals surface area (Å²) >= 11 is 1.15. The van der Waals surface area contributed by atoms with Crippen molar-refractivity contribution in [3.8, 4) is 11.1 Å². The van der Waals surface area contributed by atoms with E-state index in [1.54, 1.807) is 0 Å². The number of benzene rings is 2. The molecule has 0 aromatic heterocycles. The third kappa shape index (κ3) is 5.65. The van der Waals surface area contributed by atoms with E-state index < -0.39 is 0 Å². The normalized spacial score (nSPS) is 8.56. The fraction of sp³-hybridized carbons (Fsp3) is 0.250. The fourth-order valence-corrected chi connectivity index (χ4v) is 1.57. The predicted octanol–water partition coefficient (Wildman–Crippen LogP) is 5.33. The summed E-state index contributed by atoms with van der Waals surface area (Å²) in [6.07, 6.45) is 0. The van der Waals surface area contributed by atoms with E-state index in [0.717, 1.165) is 23.0 Å². The number of halogens is 1. The number of hydrogen-bond donors (Lipinski definition) is 1. The topological polar surface area (TPSA) is 20.2 Å². The molecule has 0 unspecified atom stereocenters. The SMILES string of the molecule is CC.Cc1ccc(-c2cccc(C)c2)cc1.OI. The molecule has 2 aromatic carbocycles. The molecule has 2 aromatic rings. The average molecular weight is 356 g/mol. The summed E-state index contributed by atoms with van der Waals surface area (Å²) in [6, 6.07) is 17.2. The van der Waals surface area contributed by atoms with Gasteiger partial charge in [0.1, 0.15) is 23.0 Å². The van der Waals surface area contributed by atoms with Crippen LogP contribution in [0.3, 0.4) is 0 Å². The number of aryl methyl sites for hydroxylation is 2. The zero-order valence-corrected chi connectivity index (χ0v) is 13.6. The van der Waals surface area contributed by atoms with Gasteiger partial charge in [-0.15, -0.1) is 0 Å². The van der Waals surface area contributed by atoms with Crippen molar-refractivity contribution < 1.29 is 3.44 Å². The molecule has 18 heavy (non-hydrogen) atoms. The molecule has 0 aliphatic heterocycles. The Balaban J connectivity index is 0.000000659. The minimum absolute atomic E-state index is 1.15. The van der Waals surface area contributed by atoms with E-state index in [0.29, 0.717) is 0 Å². The van der Waals surface area contributed by atoms with E-state index >= 15 is 0 Å². The van der Waals surface area contributed by atoms with E-state index in [9.17, 15) is 0 Å². The van der Waals surface area contributed by atoms with Crippen molar-refractivity contribution in [2.24, 2.45) is 0 Å². The van der Waals surface area contributed by atoms with E-state index in [2.05, 4.69) is 62.4 Å². The molecule has 2 rings (SSSR count). The second-order valence-electron chi connectivity index (χ2n) is 3.74. The highest BCUT2D eigenvalue weighted by atomic mass is 127. The van der Waals surface area contributed by atoms with Gasteiger partial charge in [-0.1, -0.05) is 73.5 Å². The Morgan fingerprint density at radius 3 is 1.78 bits per heavy atom. The lowest BCUT2D eigenvalue weighted by molar-refractivity contribution is 0.748. The molecule has 0 spiro atoms. The Morgan fingerprint density at radius 2 is 1.28 bits per heavy atom. The van der Waals surface area contributed by atoms with Gasteiger partial charge in [0.15, 0.2) is 0 Å². The fourth-order valence-electron chi connectivity index (χ4n) is 1.57. The standard InChI is InChI=1S/C14H14.C2H6.HIO/c1-11-6-8-13(9-7-11)14-5-3-4-12(2)10-14;2*1-2/h3-10H,1-2H3;1-2H3;2H. The first kappa shape index (κ1) is 17.1. The summed E-state index contributed by atoms with van der Waals surface area (Å²) in [5.41, 5.74) is 5.20. The van der Waals surface area contributed by atoms with Crippen molar-refractivity contribution in [2.75, 3.05) is 0 Å². The second kappa shape index (κ2) is 10.1. The summed E-state index contributed by atoms with van der Waals surface area (Å²) in [6.45, 7) is 8.23. The van der Waals surface area contributed by atoms with Crippen molar-refractivity contribution in [1.29, 1.82) is 0 Å². The first-order valence-electron chi connectivity index (χ1n) is 6.06. The van der Waals surface area contributed by atoms with Crippen LogP contribution >= 0.6 is 23.0 Å². The maximum Gasteiger partial charge on any atom is 0.106 e. The molecule has 0 fully saturated rings. The lowest BCUT2D eigenvalue weighted by Crippen LogP contribution is -1.79. The van der Waals surface area contributed by atoms with Gasteiger partial charge >= 0.3 is 0 Å². The van der Waals surface area contributed by atoms with Crippen molar-refractivity contribution in [1.82, 2.24) is 0 Å². The van der Waals surface area contributed by atoms with E-state index in [1.807, 2.05) is 13.8 Å². The van der Waals surface area contributed by atoms with E-state index in [1.165, 1.54) is 22.3 Å². The van der Waals surface area contributed by atoms with Gasteiger partial charge in [-0.3, -0.25) is 0 Å². The van der Waals surface area contributed by atoms with Gasteiger partial charge in [0, 0.05) is 0 Å². The Kier molecular flexibility index (Phi) is 9.60. The van der Waals surface area contributed by atoms with Crippen molar-refractivity contribution in [3.63, 3.8) is 0 Å². The van der Waals surface area contributed by atoms with Gasteiger partial charge in [-0.25, -0.2) is 0 Å². The van der Waals surface area contributed by atoms with Crippen LogP contribution in [0.15, 0.2) is 48.5 Å². The largest absolute Gasteiger partial charge is 0.331 e. The number of hydrogen-bond acceptors (Lipinski definition) is 1. The van der Waals surface area contributed by atoms with Gasteiger partial charge in [0.2, 0.25) is 0 Å². The molecule has 0 saturated heterocycles. The summed E-state index contributed by atoms with van der Waals surface area (Å²) in [7, 11) is 0. The average Bonchev–Trinajstić information content (AvgIpc) is 2.44. The van der Waals surface area contributed by atoms with Gasteiger partial charge in [0.25, 0.3) is 0 Å². The zero-order chi connectivity index (χ0) is 14.0. The van der Waals surface area contributed by atoms with E-state index in [-0.39, 0.29) is 0 Å². The first-order valence-corrected chi connectivity index (χ1v) is 7.03. The van der Waals surface area contributed by atoms with Gasteiger partial charge in [0.05, 0.1) is 0 Å². The molecule has 0 radical (unpaired) electrons. The van der Waals surface area contributed by atoms with Crippen molar-refractivity contribution in [3.05, 3.63) is 59.7 Å². The van der Waals surface area contributed by atoms with E-state index in [4.69, 9.17) is 3.44 Å². The summed E-state index contributed by atoms with van der Waals surface area (Å²) in [5.74, 6) is 0. The Labute approximate surface area is 125 Å². The maximum absolute atomic E-state index is 6.97. The lowest BCUT2D eigenvalue weighted by atomic mass is 10.0. The zero-order valence-electron chi connectivity index (χ0n) is 11.4. The van der Waals surface area contributed by atoms with Gasteiger partial charge < -0.3 is 3.44 Å². The minimum Gasteiger partial charge on any atom is -0.331 e. The van der Waals surface area contributed by atoms with Crippen LogP contribution in [0, 0.1) is 13.8 Å². The summed E-state index contributed by atoms with van der Waals surface area (Å²) < 4.78 is 6.97. The highest BCUT2D eigenvalue weighted by Gasteiger charge is 1.96. The van der Waals surface area contributed by atoms with Crippen molar-refractivity contribution >= 4 is 23.0 Å².